The highest BCUT2D eigenvalue weighted by molar-refractivity contribution is 6.35. The molecule has 0 amide bonds. The lowest BCUT2D eigenvalue weighted by atomic mass is 10.0. The summed E-state index contributed by atoms with van der Waals surface area (Å²) in [6.07, 6.45) is 6.99. The number of aromatic nitrogens is 3. The lowest BCUT2D eigenvalue weighted by molar-refractivity contribution is 0.0699. The molecule has 0 spiro atoms. The highest BCUT2D eigenvalue weighted by Crippen LogP contribution is 2.30. The number of hydrogen-bond acceptors (Lipinski definition) is 5. The van der Waals surface area contributed by atoms with E-state index in [1.165, 1.54) is 0 Å². The van der Waals surface area contributed by atoms with Crippen LogP contribution < -0.4 is 5.32 Å². The van der Waals surface area contributed by atoms with Gasteiger partial charge in [-0.1, -0.05) is 23.2 Å². The molecule has 0 aliphatic carbocycles. The summed E-state index contributed by atoms with van der Waals surface area (Å²) in [5.74, 6) is 1.29. The maximum Gasteiger partial charge on any atom is 0.155 e. The second-order valence-electron chi connectivity index (χ2n) is 5.19. The van der Waals surface area contributed by atoms with Gasteiger partial charge in [0.05, 0.1) is 11.2 Å². The molecule has 22 heavy (non-hydrogen) atoms. The van der Waals surface area contributed by atoms with Crippen molar-refractivity contribution in [2.24, 2.45) is 5.92 Å². The fraction of sp³-hybridized carbons (Fsp3) is 0.400. The molecule has 0 unspecified atom stereocenters. The summed E-state index contributed by atoms with van der Waals surface area (Å²) in [6.45, 7) is 2.51. The number of rotatable bonds is 4. The zero-order chi connectivity index (χ0) is 15.4. The van der Waals surface area contributed by atoms with Gasteiger partial charge >= 0.3 is 0 Å². The minimum atomic E-state index is 0.324. The van der Waals surface area contributed by atoms with Gasteiger partial charge in [0.25, 0.3) is 0 Å². The quantitative estimate of drug-likeness (QED) is 0.921. The molecule has 2 aromatic rings. The molecule has 0 atom stereocenters. The van der Waals surface area contributed by atoms with Crippen molar-refractivity contribution in [2.75, 3.05) is 25.1 Å². The highest BCUT2D eigenvalue weighted by atomic mass is 35.5. The van der Waals surface area contributed by atoms with Gasteiger partial charge in [-0.25, -0.2) is 9.97 Å². The predicted molar refractivity (Wildman–Crippen MR) is 87.3 cm³/mol. The molecule has 2 aromatic heterocycles. The molecule has 0 radical (unpaired) electrons. The first-order chi connectivity index (χ1) is 10.7. The summed E-state index contributed by atoms with van der Waals surface area (Å²) in [7, 11) is 0. The van der Waals surface area contributed by atoms with E-state index in [0.717, 1.165) is 38.2 Å². The Balaban J connectivity index is 1.76. The fourth-order valence-electron chi connectivity index (χ4n) is 2.40. The van der Waals surface area contributed by atoms with E-state index in [1.807, 2.05) is 0 Å². The molecule has 0 aromatic carbocycles. The van der Waals surface area contributed by atoms with Crippen molar-refractivity contribution in [3.63, 3.8) is 0 Å². The van der Waals surface area contributed by atoms with E-state index in [0.29, 0.717) is 27.6 Å². The third kappa shape index (κ3) is 3.66. The molecule has 5 nitrogen and oxygen atoms in total. The average molecular weight is 339 g/mol. The summed E-state index contributed by atoms with van der Waals surface area (Å²) in [4.78, 5) is 12.7. The van der Waals surface area contributed by atoms with E-state index in [4.69, 9.17) is 27.9 Å². The van der Waals surface area contributed by atoms with E-state index in [2.05, 4.69) is 20.3 Å². The number of nitrogens with zero attached hydrogens (tertiary/aromatic N) is 3. The SMILES string of the molecule is Clc1cnccc1-c1nc(NCC2CCOCC2)cnc1Cl. The van der Waals surface area contributed by atoms with Crippen molar-refractivity contribution in [3.05, 3.63) is 34.8 Å². The van der Waals surface area contributed by atoms with Crippen LogP contribution in [0.1, 0.15) is 12.8 Å². The van der Waals surface area contributed by atoms with Crippen LogP contribution in [-0.2, 0) is 4.74 Å². The molecule has 0 saturated carbocycles. The summed E-state index contributed by atoms with van der Waals surface area (Å²) in [5, 5.41) is 4.15. The number of ether oxygens (including phenoxy) is 1. The van der Waals surface area contributed by atoms with Crippen LogP contribution in [0.2, 0.25) is 10.2 Å². The van der Waals surface area contributed by atoms with Crippen LogP contribution in [0, 0.1) is 5.92 Å². The van der Waals surface area contributed by atoms with Gasteiger partial charge < -0.3 is 10.1 Å². The number of hydrogen-bond donors (Lipinski definition) is 1. The maximum atomic E-state index is 6.16. The van der Waals surface area contributed by atoms with E-state index in [9.17, 15) is 0 Å². The van der Waals surface area contributed by atoms with Crippen molar-refractivity contribution in [1.82, 2.24) is 15.0 Å². The van der Waals surface area contributed by atoms with E-state index < -0.39 is 0 Å². The molecule has 0 bridgehead atoms. The number of anilines is 1. The van der Waals surface area contributed by atoms with Gasteiger partial charge in [-0.05, 0) is 24.8 Å². The van der Waals surface area contributed by atoms with Crippen LogP contribution in [0.5, 0.6) is 0 Å². The molecule has 7 heteroatoms. The van der Waals surface area contributed by atoms with Gasteiger partial charge in [0.15, 0.2) is 5.15 Å². The third-order valence-corrected chi connectivity index (χ3v) is 4.25. The maximum absolute atomic E-state index is 6.16. The van der Waals surface area contributed by atoms with Gasteiger partial charge in [-0.2, -0.15) is 0 Å². The Morgan fingerprint density at radius 1 is 1.23 bits per heavy atom. The van der Waals surface area contributed by atoms with Crippen molar-refractivity contribution in [2.45, 2.75) is 12.8 Å². The molecule has 1 aliphatic heterocycles. The first-order valence-corrected chi connectivity index (χ1v) is 7.93. The smallest absolute Gasteiger partial charge is 0.155 e. The Kier molecular flexibility index (Phi) is 5.08. The van der Waals surface area contributed by atoms with Gasteiger partial charge in [0.2, 0.25) is 0 Å². The molecule has 1 aliphatic rings. The summed E-state index contributed by atoms with van der Waals surface area (Å²) in [6, 6.07) is 1.78. The molecule has 3 rings (SSSR count). The van der Waals surface area contributed by atoms with Gasteiger partial charge in [0.1, 0.15) is 11.5 Å². The largest absolute Gasteiger partial charge is 0.381 e. The Morgan fingerprint density at radius 3 is 2.82 bits per heavy atom. The normalized spacial score (nSPS) is 15.7. The zero-order valence-corrected chi connectivity index (χ0v) is 13.4. The van der Waals surface area contributed by atoms with Crippen LogP contribution in [0.15, 0.2) is 24.7 Å². The number of nitrogens with one attached hydrogen (secondary N) is 1. The van der Waals surface area contributed by atoms with Gasteiger partial charge in [-0.3, -0.25) is 4.98 Å². The van der Waals surface area contributed by atoms with E-state index >= 15 is 0 Å². The zero-order valence-electron chi connectivity index (χ0n) is 11.9. The van der Waals surface area contributed by atoms with Crippen LogP contribution >= 0.6 is 23.2 Å². The lowest BCUT2D eigenvalue weighted by Crippen LogP contribution is -2.23. The Bertz CT molecular complexity index is 647. The van der Waals surface area contributed by atoms with E-state index in [1.54, 1.807) is 24.7 Å². The van der Waals surface area contributed by atoms with Crippen LogP contribution in [0.3, 0.4) is 0 Å². The second kappa shape index (κ2) is 7.22. The Labute approximate surface area is 139 Å². The molecular formula is C15H16Cl2N4O. The van der Waals surface area contributed by atoms with Crippen molar-refractivity contribution < 1.29 is 4.74 Å². The summed E-state index contributed by atoms with van der Waals surface area (Å²) in [5.41, 5.74) is 1.29. The summed E-state index contributed by atoms with van der Waals surface area (Å²) < 4.78 is 5.36. The molecule has 3 heterocycles. The summed E-state index contributed by atoms with van der Waals surface area (Å²) >= 11 is 12.3. The molecule has 1 N–H and O–H groups in total. The van der Waals surface area contributed by atoms with Crippen LogP contribution in [0.25, 0.3) is 11.3 Å². The monoisotopic (exact) mass is 338 g/mol. The first-order valence-electron chi connectivity index (χ1n) is 7.18. The molecule has 116 valence electrons. The minimum Gasteiger partial charge on any atom is -0.381 e. The fourth-order valence-corrected chi connectivity index (χ4v) is 2.80. The average Bonchev–Trinajstić information content (AvgIpc) is 2.56. The molecular weight excluding hydrogens is 323 g/mol. The van der Waals surface area contributed by atoms with Crippen LogP contribution in [-0.4, -0.2) is 34.7 Å². The Hall–Kier alpha value is -1.43. The molecule has 1 saturated heterocycles. The molecule has 1 fully saturated rings. The standard InChI is InChI=1S/C15H16Cl2N4O/c16-12-8-18-4-1-11(12)14-15(17)20-9-13(21-14)19-7-10-2-5-22-6-3-10/h1,4,8-10H,2-3,5-7H2,(H,19,21). The van der Waals surface area contributed by atoms with Crippen molar-refractivity contribution >= 4 is 29.0 Å². The third-order valence-electron chi connectivity index (χ3n) is 3.67. The van der Waals surface area contributed by atoms with E-state index in [-0.39, 0.29) is 0 Å². The Morgan fingerprint density at radius 2 is 2.05 bits per heavy atom. The lowest BCUT2D eigenvalue weighted by Gasteiger charge is -2.22. The van der Waals surface area contributed by atoms with Gasteiger partial charge in [-0.15, -0.1) is 0 Å². The number of halogens is 2. The second-order valence-corrected chi connectivity index (χ2v) is 5.95. The highest BCUT2D eigenvalue weighted by Gasteiger charge is 2.15. The van der Waals surface area contributed by atoms with Crippen molar-refractivity contribution in [1.29, 1.82) is 0 Å². The number of pyridine rings is 1. The first kappa shape index (κ1) is 15.5. The van der Waals surface area contributed by atoms with Crippen LogP contribution in [0.4, 0.5) is 5.82 Å². The van der Waals surface area contributed by atoms with Gasteiger partial charge in [0, 0.05) is 37.7 Å². The topological polar surface area (TPSA) is 59.9 Å². The van der Waals surface area contributed by atoms with Crippen molar-refractivity contribution in [3.8, 4) is 11.3 Å². The minimum absolute atomic E-state index is 0.324. The predicted octanol–water partition coefficient (Wildman–Crippen LogP) is 3.68.